The Balaban J connectivity index is 2.23. The molecule has 0 bridgehead atoms. The first-order valence-corrected chi connectivity index (χ1v) is 8.50. The van der Waals surface area contributed by atoms with Crippen LogP contribution in [0.5, 0.6) is 0 Å². The number of carbonyl (C=O) groups excluding carboxylic acids is 1. The van der Waals surface area contributed by atoms with E-state index in [1.807, 2.05) is 23.6 Å². The quantitative estimate of drug-likeness (QED) is 0.861. The number of rotatable bonds is 3. The van der Waals surface area contributed by atoms with E-state index in [-0.39, 0.29) is 5.91 Å². The van der Waals surface area contributed by atoms with Gasteiger partial charge in [-0.05, 0) is 12.3 Å². The first kappa shape index (κ1) is 15.7. The van der Waals surface area contributed by atoms with Gasteiger partial charge in [0.25, 0.3) is 5.91 Å². The maximum atomic E-state index is 12.8. The van der Waals surface area contributed by atoms with Crippen molar-refractivity contribution in [1.82, 2.24) is 14.7 Å². The number of carbonyl (C=O) groups is 1. The number of amides is 1. The van der Waals surface area contributed by atoms with Gasteiger partial charge in [0.15, 0.2) is 0 Å². The fourth-order valence-corrected chi connectivity index (χ4v) is 3.96. The highest BCUT2D eigenvalue weighted by molar-refractivity contribution is 8.00. The molecule has 1 saturated heterocycles. The molecule has 1 aliphatic heterocycles. The molecule has 1 aromatic heterocycles. The third-order valence-corrected chi connectivity index (χ3v) is 5.70. The zero-order chi connectivity index (χ0) is 14.9. The van der Waals surface area contributed by atoms with Crippen LogP contribution in [0.1, 0.15) is 36.8 Å². The van der Waals surface area contributed by atoms with Crippen molar-refractivity contribution in [2.24, 2.45) is 13.0 Å². The number of aryl methyl sites for hydroxylation is 2. The molecule has 0 aromatic carbocycles. The third kappa shape index (κ3) is 2.98. The fraction of sp³-hybridized carbons (Fsp3) is 0.714. The number of hydrogen-bond acceptors (Lipinski definition) is 3. The third-order valence-electron chi connectivity index (χ3n) is 3.72. The lowest BCUT2D eigenvalue weighted by Crippen LogP contribution is -2.43. The van der Waals surface area contributed by atoms with Crippen LogP contribution in [-0.2, 0) is 13.5 Å². The van der Waals surface area contributed by atoms with Gasteiger partial charge in [-0.15, -0.1) is 0 Å². The minimum absolute atomic E-state index is 0.0332. The van der Waals surface area contributed by atoms with E-state index in [0.717, 1.165) is 31.0 Å². The molecule has 1 fully saturated rings. The highest BCUT2D eigenvalue weighted by Crippen LogP contribution is 2.28. The van der Waals surface area contributed by atoms with Gasteiger partial charge in [0, 0.05) is 31.1 Å². The summed E-state index contributed by atoms with van der Waals surface area (Å²) in [5.74, 6) is 1.60. The molecule has 0 radical (unpaired) electrons. The predicted molar refractivity (Wildman–Crippen MR) is 84.6 cm³/mol. The van der Waals surface area contributed by atoms with Crippen molar-refractivity contribution >= 4 is 29.3 Å². The van der Waals surface area contributed by atoms with Crippen molar-refractivity contribution in [3.8, 4) is 0 Å². The van der Waals surface area contributed by atoms with E-state index in [0.29, 0.717) is 21.9 Å². The minimum atomic E-state index is 0.0332. The SMILES string of the molecule is CCc1nn(C)c(Cl)c1C(=O)N1CCS[C@@H](C(C)C)C1. The highest BCUT2D eigenvalue weighted by atomic mass is 35.5. The van der Waals surface area contributed by atoms with E-state index in [1.165, 1.54) is 0 Å². The largest absolute Gasteiger partial charge is 0.337 e. The van der Waals surface area contributed by atoms with Crippen LogP contribution < -0.4 is 0 Å². The van der Waals surface area contributed by atoms with Crippen LogP contribution in [0, 0.1) is 5.92 Å². The monoisotopic (exact) mass is 315 g/mol. The lowest BCUT2D eigenvalue weighted by atomic mass is 10.1. The van der Waals surface area contributed by atoms with Gasteiger partial charge in [0.1, 0.15) is 5.15 Å². The van der Waals surface area contributed by atoms with Gasteiger partial charge >= 0.3 is 0 Å². The molecule has 0 unspecified atom stereocenters. The molecule has 1 aliphatic rings. The standard InChI is InChI=1S/C14H22ClN3OS/c1-5-10-12(13(15)17(4)16-10)14(19)18-6-7-20-11(8-18)9(2)3/h9,11H,5-8H2,1-4H3/t11-/m1/s1. The van der Waals surface area contributed by atoms with Gasteiger partial charge < -0.3 is 4.90 Å². The normalized spacial score (nSPS) is 19.7. The van der Waals surface area contributed by atoms with Gasteiger partial charge in [-0.1, -0.05) is 32.4 Å². The van der Waals surface area contributed by atoms with E-state index in [2.05, 4.69) is 18.9 Å². The Hall–Kier alpha value is -0.680. The summed E-state index contributed by atoms with van der Waals surface area (Å²) >= 11 is 8.21. The van der Waals surface area contributed by atoms with Crippen molar-refractivity contribution in [2.75, 3.05) is 18.8 Å². The minimum Gasteiger partial charge on any atom is -0.337 e. The van der Waals surface area contributed by atoms with E-state index in [9.17, 15) is 4.79 Å². The number of thioether (sulfide) groups is 1. The smallest absolute Gasteiger partial charge is 0.258 e. The topological polar surface area (TPSA) is 38.1 Å². The average molecular weight is 316 g/mol. The second-order valence-electron chi connectivity index (χ2n) is 5.49. The molecule has 2 rings (SSSR count). The van der Waals surface area contributed by atoms with Gasteiger partial charge in [0.05, 0.1) is 11.3 Å². The molecule has 2 heterocycles. The summed E-state index contributed by atoms with van der Waals surface area (Å²) in [4.78, 5) is 14.7. The van der Waals surface area contributed by atoms with Crippen LogP contribution in [-0.4, -0.2) is 44.7 Å². The molecule has 20 heavy (non-hydrogen) atoms. The maximum absolute atomic E-state index is 12.8. The zero-order valence-electron chi connectivity index (χ0n) is 12.5. The van der Waals surface area contributed by atoms with Crippen molar-refractivity contribution in [1.29, 1.82) is 0 Å². The number of hydrogen-bond donors (Lipinski definition) is 0. The van der Waals surface area contributed by atoms with E-state index >= 15 is 0 Å². The molecule has 4 nitrogen and oxygen atoms in total. The van der Waals surface area contributed by atoms with E-state index < -0.39 is 0 Å². The Morgan fingerprint density at radius 3 is 2.85 bits per heavy atom. The summed E-state index contributed by atoms with van der Waals surface area (Å²) in [6.07, 6.45) is 0.720. The Morgan fingerprint density at radius 2 is 2.25 bits per heavy atom. The maximum Gasteiger partial charge on any atom is 0.258 e. The summed E-state index contributed by atoms with van der Waals surface area (Å²) in [5, 5.41) is 5.29. The van der Waals surface area contributed by atoms with Crippen molar-refractivity contribution in [2.45, 2.75) is 32.4 Å². The molecule has 1 atom stereocenters. The zero-order valence-corrected chi connectivity index (χ0v) is 14.1. The van der Waals surface area contributed by atoms with Crippen LogP contribution in [0.2, 0.25) is 5.15 Å². The molecule has 1 aromatic rings. The summed E-state index contributed by atoms with van der Waals surface area (Å²) < 4.78 is 1.59. The average Bonchev–Trinajstić information content (AvgIpc) is 2.73. The van der Waals surface area contributed by atoms with Crippen LogP contribution >= 0.6 is 23.4 Å². The molecule has 0 aliphatic carbocycles. The Kier molecular flexibility index (Phi) is 5.02. The molecular weight excluding hydrogens is 294 g/mol. The lowest BCUT2D eigenvalue weighted by molar-refractivity contribution is 0.0755. The molecule has 0 saturated carbocycles. The highest BCUT2D eigenvalue weighted by Gasteiger charge is 2.30. The molecule has 1 amide bonds. The molecule has 6 heteroatoms. The number of aromatic nitrogens is 2. The van der Waals surface area contributed by atoms with Gasteiger partial charge in [-0.25, -0.2) is 0 Å². The van der Waals surface area contributed by atoms with Crippen LogP contribution in [0.3, 0.4) is 0 Å². The fourth-order valence-electron chi connectivity index (χ4n) is 2.44. The summed E-state index contributed by atoms with van der Waals surface area (Å²) in [6, 6.07) is 0. The van der Waals surface area contributed by atoms with Gasteiger partial charge in [-0.3, -0.25) is 9.48 Å². The second kappa shape index (κ2) is 6.39. The van der Waals surface area contributed by atoms with E-state index in [1.54, 1.807) is 11.7 Å². The van der Waals surface area contributed by atoms with Crippen LogP contribution in [0.15, 0.2) is 0 Å². The Bertz CT molecular complexity index is 501. The van der Waals surface area contributed by atoms with Crippen molar-refractivity contribution in [3.05, 3.63) is 16.4 Å². The Labute approximate surface area is 129 Å². The molecule has 0 N–H and O–H groups in total. The molecule has 112 valence electrons. The number of nitrogens with zero attached hydrogens (tertiary/aromatic N) is 3. The lowest BCUT2D eigenvalue weighted by Gasteiger charge is -2.34. The van der Waals surface area contributed by atoms with E-state index in [4.69, 9.17) is 11.6 Å². The second-order valence-corrected chi connectivity index (χ2v) is 7.20. The van der Waals surface area contributed by atoms with Gasteiger partial charge in [0.2, 0.25) is 0 Å². The summed E-state index contributed by atoms with van der Waals surface area (Å²) in [6.45, 7) is 8.01. The summed E-state index contributed by atoms with van der Waals surface area (Å²) in [7, 11) is 1.78. The molecule has 0 spiro atoms. The Morgan fingerprint density at radius 1 is 1.55 bits per heavy atom. The van der Waals surface area contributed by atoms with Crippen LogP contribution in [0.25, 0.3) is 0 Å². The first-order valence-electron chi connectivity index (χ1n) is 7.07. The van der Waals surface area contributed by atoms with Gasteiger partial charge in [-0.2, -0.15) is 16.9 Å². The van der Waals surface area contributed by atoms with Crippen LogP contribution in [0.4, 0.5) is 0 Å². The predicted octanol–water partition coefficient (Wildman–Crippen LogP) is 2.85. The first-order chi connectivity index (χ1) is 9.45. The van der Waals surface area contributed by atoms with Crippen molar-refractivity contribution in [3.63, 3.8) is 0 Å². The van der Waals surface area contributed by atoms with Crippen molar-refractivity contribution < 1.29 is 4.79 Å². The number of halogens is 1. The molecular formula is C14H22ClN3OS. The summed E-state index contributed by atoms with van der Waals surface area (Å²) in [5.41, 5.74) is 1.38.